The summed E-state index contributed by atoms with van der Waals surface area (Å²) in [6.07, 6.45) is 0.926. The Balaban J connectivity index is 2.01. The van der Waals surface area contributed by atoms with Crippen molar-refractivity contribution in [2.24, 2.45) is 10.2 Å². The number of para-hydroxylation sites is 1. The van der Waals surface area contributed by atoms with E-state index in [1.54, 1.807) is 11.3 Å². The predicted octanol–water partition coefficient (Wildman–Crippen LogP) is 5.34. The molecule has 0 unspecified atom stereocenters. The first-order chi connectivity index (χ1) is 10.7. The Morgan fingerprint density at radius 2 is 1.86 bits per heavy atom. The number of anilines is 1. The molecule has 1 aromatic heterocycles. The predicted molar refractivity (Wildman–Crippen MR) is 93.9 cm³/mol. The summed E-state index contributed by atoms with van der Waals surface area (Å²) in [5, 5.41) is 9.56. The van der Waals surface area contributed by atoms with E-state index in [0.29, 0.717) is 5.13 Å². The molecule has 0 saturated heterocycles. The zero-order valence-electron chi connectivity index (χ0n) is 12.9. The Bertz CT molecular complexity index is 787. The molecule has 4 nitrogen and oxygen atoms in total. The summed E-state index contributed by atoms with van der Waals surface area (Å²) in [5.74, 6) is 0. The van der Waals surface area contributed by atoms with E-state index < -0.39 is 0 Å². The summed E-state index contributed by atoms with van der Waals surface area (Å²) in [6, 6.07) is 14.3. The molecule has 0 amide bonds. The van der Waals surface area contributed by atoms with Crippen molar-refractivity contribution in [3.05, 3.63) is 48.0 Å². The van der Waals surface area contributed by atoms with Gasteiger partial charge < -0.3 is 4.90 Å². The van der Waals surface area contributed by atoms with Crippen molar-refractivity contribution < 1.29 is 0 Å². The van der Waals surface area contributed by atoms with Crippen LogP contribution in [0.3, 0.4) is 0 Å². The van der Waals surface area contributed by atoms with Crippen molar-refractivity contribution in [1.29, 1.82) is 0 Å². The maximum atomic E-state index is 4.50. The van der Waals surface area contributed by atoms with Crippen molar-refractivity contribution in [2.75, 3.05) is 19.0 Å². The molecule has 2 aromatic carbocycles. The smallest absolute Gasteiger partial charge is 0.231 e. The Kier molecular flexibility index (Phi) is 4.15. The van der Waals surface area contributed by atoms with Gasteiger partial charge in [-0.1, -0.05) is 42.5 Å². The van der Waals surface area contributed by atoms with Gasteiger partial charge in [0.15, 0.2) is 0 Å². The zero-order chi connectivity index (χ0) is 15.5. The molecule has 0 aliphatic rings. The third-order valence-corrected chi connectivity index (χ3v) is 4.40. The molecule has 0 aliphatic carbocycles. The second kappa shape index (κ2) is 6.23. The molecular formula is C17H18N4S. The molecule has 3 aromatic rings. The summed E-state index contributed by atoms with van der Waals surface area (Å²) >= 11 is 1.56. The number of thiazole rings is 1. The Hall–Kier alpha value is -2.27. The number of hydrogen-bond acceptors (Lipinski definition) is 5. The van der Waals surface area contributed by atoms with E-state index in [4.69, 9.17) is 0 Å². The number of hydrogen-bond donors (Lipinski definition) is 0. The number of aromatic nitrogens is 1. The van der Waals surface area contributed by atoms with Gasteiger partial charge in [-0.3, -0.25) is 0 Å². The highest BCUT2D eigenvalue weighted by Gasteiger charge is 2.09. The molecule has 0 radical (unpaired) electrons. The van der Waals surface area contributed by atoms with Gasteiger partial charge in [-0.2, -0.15) is 0 Å². The van der Waals surface area contributed by atoms with Crippen LogP contribution in [0.2, 0.25) is 0 Å². The molecule has 0 atom stereocenters. The molecule has 22 heavy (non-hydrogen) atoms. The fourth-order valence-electron chi connectivity index (χ4n) is 2.33. The fourth-order valence-corrected chi connectivity index (χ4v) is 3.12. The third kappa shape index (κ3) is 2.85. The number of aryl methyl sites for hydroxylation is 1. The largest absolute Gasteiger partial charge is 0.376 e. The number of rotatable bonds is 4. The maximum absolute atomic E-state index is 4.50. The molecule has 5 heteroatoms. The highest BCUT2D eigenvalue weighted by Crippen LogP contribution is 2.34. The van der Waals surface area contributed by atoms with Crippen LogP contribution >= 0.6 is 11.3 Å². The monoisotopic (exact) mass is 310 g/mol. The van der Waals surface area contributed by atoms with Gasteiger partial charge in [-0.15, -0.1) is 10.2 Å². The second-order valence-electron chi connectivity index (χ2n) is 5.20. The summed E-state index contributed by atoms with van der Waals surface area (Å²) in [5.41, 5.74) is 4.16. The molecule has 1 heterocycles. The average Bonchev–Trinajstić information content (AvgIpc) is 2.95. The van der Waals surface area contributed by atoms with Gasteiger partial charge in [0.25, 0.3) is 0 Å². The number of benzene rings is 2. The number of fused-ring (bicyclic) bond motifs is 1. The van der Waals surface area contributed by atoms with Crippen LogP contribution in [0.5, 0.6) is 0 Å². The summed E-state index contributed by atoms with van der Waals surface area (Å²) in [6.45, 7) is 2.13. The Morgan fingerprint density at radius 1 is 1.05 bits per heavy atom. The van der Waals surface area contributed by atoms with Crippen molar-refractivity contribution in [1.82, 2.24) is 4.98 Å². The molecule has 0 spiro atoms. The summed E-state index contributed by atoms with van der Waals surface area (Å²) in [4.78, 5) is 6.56. The van der Waals surface area contributed by atoms with Gasteiger partial charge in [-0.05, 0) is 30.2 Å². The quantitative estimate of drug-likeness (QED) is 0.610. The lowest BCUT2D eigenvalue weighted by molar-refractivity contribution is 1.07. The van der Waals surface area contributed by atoms with E-state index in [1.807, 2.05) is 32.3 Å². The van der Waals surface area contributed by atoms with Crippen molar-refractivity contribution >= 4 is 38.1 Å². The van der Waals surface area contributed by atoms with E-state index in [0.717, 1.165) is 28.0 Å². The van der Waals surface area contributed by atoms with Crippen LogP contribution in [0.4, 0.5) is 16.5 Å². The lowest BCUT2D eigenvalue weighted by atomic mass is 10.1. The Morgan fingerprint density at radius 3 is 2.59 bits per heavy atom. The van der Waals surface area contributed by atoms with E-state index in [2.05, 4.69) is 51.3 Å². The topological polar surface area (TPSA) is 40.9 Å². The fraction of sp³-hybridized carbons (Fsp3) is 0.235. The average molecular weight is 310 g/mol. The zero-order valence-corrected chi connectivity index (χ0v) is 13.8. The minimum atomic E-state index is 0.691. The van der Waals surface area contributed by atoms with Crippen molar-refractivity contribution in [3.8, 4) is 0 Å². The maximum Gasteiger partial charge on any atom is 0.231 e. The molecule has 3 rings (SSSR count). The molecule has 0 aliphatic heterocycles. The highest BCUT2D eigenvalue weighted by atomic mass is 32.1. The normalized spacial score (nSPS) is 11.4. The standard InChI is InChI=1S/C17H18N4S/c1-4-12-8-7-10-14(21(2)3)16(12)19-20-17-18-13-9-5-6-11-15(13)22-17/h5-11H,4H2,1-3H3. The van der Waals surface area contributed by atoms with Gasteiger partial charge in [0, 0.05) is 14.1 Å². The first kappa shape index (κ1) is 14.7. The third-order valence-electron chi connectivity index (χ3n) is 3.48. The molecule has 0 saturated carbocycles. The minimum absolute atomic E-state index is 0.691. The van der Waals surface area contributed by atoms with Crippen LogP contribution in [0.25, 0.3) is 10.2 Å². The van der Waals surface area contributed by atoms with Crippen LogP contribution in [-0.2, 0) is 6.42 Å². The SMILES string of the molecule is CCc1cccc(N(C)C)c1N=Nc1nc2ccccc2s1. The van der Waals surface area contributed by atoms with E-state index >= 15 is 0 Å². The van der Waals surface area contributed by atoms with Crippen molar-refractivity contribution in [2.45, 2.75) is 13.3 Å². The van der Waals surface area contributed by atoms with E-state index in [1.165, 1.54) is 5.56 Å². The molecule has 0 bridgehead atoms. The van der Waals surface area contributed by atoms with Crippen LogP contribution < -0.4 is 4.90 Å². The van der Waals surface area contributed by atoms with Crippen LogP contribution in [0, 0.1) is 0 Å². The lowest BCUT2D eigenvalue weighted by Gasteiger charge is -2.16. The van der Waals surface area contributed by atoms with E-state index in [9.17, 15) is 0 Å². The highest BCUT2D eigenvalue weighted by molar-refractivity contribution is 7.21. The van der Waals surface area contributed by atoms with E-state index in [-0.39, 0.29) is 0 Å². The first-order valence-corrected chi connectivity index (χ1v) is 8.07. The van der Waals surface area contributed by atoms with Gasteiger partial charge in [0.2, 0.25) is 5.13 Å². The number of nitrogens with zero attached hydrogens (tertiary/aromatic N) is 4. The van der Waals surface area contributed by atoms with Crippen LogP contribution in [-0.4, -0.2) is 19.1 Å². The van der Waals surface area contributed by atoms with Crippen molar-refractivity contribution in [3.63, 3.8) is 0 Å². The van der Waals surface area contributed by atoms with Gasteiger partial charge >= 0.3 is 0 Å². The molecule has 0 N–H and O–H groups in total. The molecular weight excluding hydrogens is 292 g/mol. The lowest BCUT2D eigenvalue weighted by Crippen LogP contribution is -2.09. The van der Waals surface area contributed by atoms with Crippen LogP contribution in [0.15, 0.2) is 52.7 Å². The summed E-state index contributed by atoms with van der Waals surface area (Å²) < 4.78 is 1.13. The minimum Gasteiger partial charge on any atom is -0.376 e. The van der Waals surface area contributed by atoms with Gasteiger partial charge in [0.1, 0.15) is 5.69 Å². The van der Waals surface area contributed by atoms with Gasteiger partial charge in [0.05, 0.1) is 15.9 Å². The van der Waals surface area contributed by atoms with Gasteiger partial charge in [-0.25, -0.2) is 4.98 Å². The second-order valence-corrected chi connectivity index (χ2v) is 6.21. The molecule has 112 valence electrons. The Labute approximate surface area is 134 Å². The van der Waals surface area contributed by atoms with Crippen LogP contribution in [0.1, 0.15) is 12.5 Å². The summed E-state index contributed by atoms with van der Waals surface area (Å²) in [7, 11) is 4.04. The molecule has 0 fully saturated rings. The first-order valence-electron chi connectivity index (χ1n) is 7.25. The number of azo groups is 1.